The van der Waals surface area contributed by atoms with E-state index in [9.17, 15) is 13.5 Å². The van der Waals surface area contributed by atoms with Gasteiger partial charge in [-0.05, 0) is 48.9 Å². The summed E-state index contributed by atoms with van der Waals surface area (Å²) < 4.78 is 32.8. The predicted molar refractivity (Wildman–Crippen MR) is 106 cm³/mol. The summed E-state index contributed by atoms with van der Waals surface area (Å²) in [5.74, 6) is 0.790. The highest BCUT2D eigenvalue weighted by Gasteiger charge is 2.44. The molecule has 0 radical (unpaired) electrons. The fraction of sp³-hybridized carbons (Fsp3) is 0.429. The number of ether oxygens (including phenoxy) is 1. The Morgan fingerprint density at radius 3 is 2.52 bits per heavy atom. The van der Waals surface area contributed by atoms with Crippen molar-refractivity contribution < 1.29 is 18.3 Å². The van der Waals surface area contributed by atoms with Gasteiger partial charge in [-0.3, -0.25) is 0 Å². The molecule has 1 aliphatic rings. The number of nitrogens with one attached hydrogen (secondary N) is 1. The normalized spacial score (nSPS) is 22.7. The van der Waals surface area contributed by atoms with Crippen LogP contribution in [0.1, 0.15) is 43.7 Å². The van der Waals surface area contributed by atoms with E-state index in [-0.39, 0.29) is 5.75 Å². The van der Waals surface area contributed by atoms with Gasteiger partial charge >= 0.3 is 0 Å². The molecule has 2 unspecified atom stereocenters. The smallest absolute Gasteiger partial charge is 0.211 e. The summed E-state index contributed by atoms with van der Waals surface area (Å²) >= 11 is 0. The molecule has 0 saturated heterocycles. The zero-order valence-corrected chi connectivity index (χ0v) is 16.4. The average molecular weight is 390 g/mol. The second kappa shape index (κ2) is 8.42. The minimum Gasteiger partial charge on any atom is -0.489 e. The zero-order valence-electron chi connectivity index (χ0n) is 15.6. The van der Waals surface area contributed by atoms with Gasteiger partial charge in [-0.1, -0.05) is 49.4 Å². The standard InChI is InChI=1S/C21H27NO4S/c1-2-15-27(24,25)22-20-9-6-14-21(20,23)18-10-12-19(13-11-18)26-16-17-7-4-3-5-8-17/h3-5,7-8,10-13,20,22-23H,2,6,9,14-16H2,1H3. The molecule has 2 atom stereocenters. The minimum absolute atomic E-state index is 0.0752. The van der Waals surface area contributed by atoms with E-state index in [1.165, 1.54) is 0 Å². The van der Waals surface area contributed by atoms with Crippen LogP contribution in [0.25, 0.3) is 0 Å². The summed E-state index contributed by atoms with van der Waals surface area (Å²) in [6.07, 6.45) is 2.50. The summed E-state index contributed by atoms with van der Waals surface area (Å²) in [6, 6.07) is 16.7. The maximum absolute atomic E-state index is 12.1. The maximum Gasteiger partial charge on any atom is 0.211 e. The number of hydrogen-bond acceptors (Lipinski definition) is 4. The molecule has 6 heteroatoms. The minimum atomic E-state index is -3.38. The van der Waals surface area contributed by atoms with Crippen molar-refractivity contribution in [2.45, 2.75) is 50.9 Å². The third-order valence-electron chi connectivity index (χ3n) is 5.02. The number of benzene rings is 2. The van der Waals surface area contributed by atoms with Crippen molar-refractivity contribution in [3.8, 4) is 5.75 Å². The predicted octanol–water partition coefficient (Wildman–Crippen LogP) is 3.34. The van der Waals surface area contributed by atoms with Crippen LogP contribution in [0.5, 0.6) is 5.75 Å². The summed E-state index contributed by atoms with van der Waals surface area (Å²) in [4.78, 5) is 0. The number of sulfonamides is 1. The molecule has 0 aliphatic heterocycles. The van der Waals surface area contributed by atoms with Crippen molar-refractivity contribution in [1.82, 2.24) is 4.72 Å². The van der Waals surface area contributed by atoms with E-state index >= 15 is 0 Å². The Kier molecular flexibility index (Phi) is 6.19. The summed E-state index contributed by atoms with van der Waals surface area (Å²) in [5, 5.41) is 11.2. The van der Waals surface area contributed by atoms with Crippen molar-refractivity contribution in [1.29, 1.82) is 0 Å². The Balaban J connectivity index is 1.69. The number of hydrogen-bond donors (Lipinski definition) is 2. The molecule has 0 aromatic heterocycles. The summed E-state index contributed by atoms with van der Waals surface area (Å²) in [6.45, 7) is 2.30. The van der Waals surface area contributed by atoms with Crippen LogP contribution in [0.3, 0.4) is 0 Å². The molecule has 2 aromatic carbocycles. The first-order valence-electron chi connectivity index (χ1n) is 9.42. The molecule has 0 spiro atoms. The lowest BCUT2D eigenvalue weighted by Crippen LogP contribution is -2.47. The Morgan fingerprint density at radius 1 is 1.15 bits per heavy atom. The zero-order chi connectivity index (χ0) is 19.3. The van der Waals surface area contributed by atoms with Gasteiger partial charge in [0.25, 0.3) is 0 Å². The first-order valence-corrected chi connectivity index (χ1v) is 11.1. The Labute approximate surface area is 161 Å². The fourth-order valence-electron chi connectivity index (χ4n) is 3.62. The van der Waals surface area contributed by atoms with E-state index in [0.717, 1.165) is 17.5 Å². The molecule has 3 rings (SSSR count). The summed E-state index contributed by atoms with van der Waals surface area (Å²) in [7, 11) is -3.38. The SMILES string of the molecule is CCCS(=O)(=O)NC1CCCC1(O)c1ccc(OCc2ccccc2)cc1. The van der Waals surface area contributed by atoms with Crippen molar-refractivity contribution in [2.75, 3.05) is 5.75 Å². The Morgan fingerprint density at radius 2 is 1.85 bits per heavy atom. The third-order valence-corrected chi connectivity index (χ3v) is 6.61. The Hall–Kier alpha value is -1.89. The monoisotopic (exact) mass is 389 g/mol. The second-order valence-corrected chi connectivity index (χ2v) is 8.98. The van der Waals surface area contributed by atoms with Gasteiger partial charge in [-0.15, -0.1) is 0 Å². The lowest BCUT2D eigenvalue weighted by atomic mass is 9.89. The van der Waals surface area contributed by atoms with Gasteiger partial charge in [-0.25, -0.2) is 13.1 Å². The van der Waals surface area contributed by atoms with Crippen molar-refractivity contribution in [3.63, 3.8) is 0 Å². The van der Waals surface area contributed by atoms with Crippen LogP contribution in [0.2, 0.25) is 0 Å². The summed E-state index contributed by atoms with van der Waals surface area (Å²) in [5.41, 5.74) is 0.622. The Bertz CT molecular complexity index is 836. The van der Waals surface area contributed by atoms with Crippen molar-refractivity contribution in [3.05, 3.63) is 65.7 Å². The third kappa shape index (κ3) is 4.89. The van der Waals surface area contributed by atoms with Gasteiger partial charge < -0.3 is 9.84 Å². The molecule has 1 fully saturated rings. The van der Waals surface area contributed by atoms with Crippen LogP contribution in [0.15, 0.2) is 54.6 Å². The van der Waals surface area contributed by atoms with E-state index < -0.39 is 21.7 Å². The van der Waals surface area contributed by atoms with Crippen molar-refractivity contribution in [2.24, 2.45) is 0 Å². The molecule has 2 aromatic rings. The first kappa shape index (κ1) is 19.9. The quantitative estimate of drug-likeness (QED) is 0.726. The van der Waals surface area contributed by atoms with Crippen LogP contribution in [-0.2, 0) is 22.2 Å². The highest BCUT2D eigenvalue weighted by atomic mass is 32.2. The van der Waals surface area contributed by atoms with Gasteiger partial charge in [0.2, 0.25) is 10.0 Å². The average Bonchev–Trinajstić information content (AvgIpc) is 3.02. The molecule has 1 aliphatic carbocycles. The van der Waals surface area contributed by atoms with Crippen LogP contribution in [0, 0.1) is 0 Å². The molecule has 0 heterocycles. The van der Waals surface area contributed by atoms with Crippen LogP contribution in [0.4, 0.5) is 0 Å². The highest BCUT2D eigenvalue weighted by molar-refractivity contribution is 7.89. The second-order valence-electron chi connectivity index (χ2n) is 7.10. The molecule has 27 heavy (non-hydrogen) atoms. The van der Waals surface area contributed by atoms with Gasteiger partial charge in [0.1, 0.15) is 18.0 Å². The molecular formula is C21H27NO4S. The van der Waals surface area contributed by atoms with Crippen LogP contribution >= 0.6 is 0 Å². The van der Waals surface area contributed by atoms with Gasteiger partial charge in [0.05, 0.1) is 11.8 Å². The molecule has 5 nitrogen and oxygen atoms in total. The topological polar surface area (TPSA) is 75.6 Å². The molecular weight excluding hydrogens is 362 g/mol. The van der Waals surface area contributed by atoms with Crippen molar-refractivity contribution >= 4 is 10.0 Å². The fourth-order valence-corrected chi connectivity index (χ4v) is 5.02. The largest absolute Gasteiger partial charge is 0.489 e. The number of rotatable bonds is 8. The molecule has 0 bridgehead atoms. The lowest BCUT2D eigenvalue weighted by Gasteiger charge is -2.31. The van der Waals surface area contributed by atoms with E-state index in [4.69, 9.17) is 4.74 Å². The molecule has 0 amide bonds. The maximum atomic E-state index is 12.1. The van der Waals surface area contributed by atoms with Gasteiger partial charge in [-0.2, -0.15) is 0 Å². The lowest BCUT2D eigenvalue weighted by molar-refractivity contribution is 0.0230. The van der Waals surface area contributed by atoms with Gasteiger partial charge in [0, 0.05) is 0 Å². The van der Waals surface area contributed by atoms with E-state index in [2.05, 4.69) is 4.72 Å². The molecule has 2 N–H and O–H groups in total. The first-order chi connectivity index (χ1) is 12.9. The molecule has 1 saturated carbocycles. The van der Waals surface area contributed by atoms with Crippen LogP contribution in [-0.4, -0.2) is 25.3 Å². The highest BCUT2D eigenvalue weighted by Crippen LogP contribution is 2.39. The van der Waals surface area contributed by atoms with E-state index in [1.54, 1.807) is 0 Å². The number of aliphatic hydroxyl groups is 1. The van der Waals surface area contributed by atoms with Gasteiger partial charge in [0.15, 0.2) is 0 Å². The van der Waals surface area contributed by atoms with Crippen LogP contribution < -0.4 is 9.46 Å². The molecule has 146 valence electrons. The van der Waals surface area contributed by atoms with E-state index in [0.29, 0.717) is 31.6 Å². The van der Waals surface area contributed by atoms with E-state index in [1.807, 2.05) is 61.5 Å².